The Morgan fingerprint density at radius 3 is 2.91 bits per heavy atom. The number of amidine groups is 1. The van der Waals surface area contributed by atoms with Crippen LogP contribution in [0.4, 0.5) is 5.82 Å². The van der Waals surface area contributed by atoms with E-state index in [0.29, 0.717) is 11.5 Å². The predicted molar refractivity (Wildman–Crippen MR) is 38.1 cm³/mol. The fourth-order valence-corrected chi connectivity index (χ4v) is 0.916. The highest BCUT2D eigenvalue weighted by molar-refractivity contribution is 6.01. The average Bonchev–Trinajstić information content (AvgIpc) is 2.55. The molecular weight excluding hydrogens is 146 g/mol. The zero-order chi connectivity index (χ0) is 7.68. The van der Waals surface area contributed by atoms with Crippen LogP contribution in [0.15, 0.2) is 9.62 Å². The van der Waals surface area contributed by atoms with E-state index in [0.717, 1.165) is 13.1 Å². The highest BCUT2D eigenvalue weighted by Crippen LogP contribution is 2.05. The number of hydrogen-bond acceptors (Lipinski definition) is 6. The maximum atomic E-state index is 5.43. The molecule has 1 aliphatic heterocycles. The monoisotopic (exact) mass is 153 g/mol. The van der Waals surface area contributed by atoms with Crippen LogP contribution in [0.3, 0.4) is 0 Å². The summed E-state index contributed by atoms with van der Waals surface area (Å²) < 4.78 is 4.41. The Hall–Kier alpha value is -1.59. The predicted octanol–water partition coefficient (Wildman–Crippen LogP) is -0.998. The largest absolute Gasteiger partial charge is 0.379 e. The lowest BCUT2D eigenvalue weighted by Crippen LogP contribution is -2.20. The summed E-state index contributed by atoms with van der Waals surface area (Å²) in [5.74, 6) is 0.946. The molecule has 1 aliphatic rings. The van der Waals surface area contributed by atoms with Gasteiger partial charge in [0.2, 0.25) is 0 Å². The van der Waals surface area contributed by atoms with Crippen LogP contribution in [0.5, 0.6) is 0 Å². The van der Waals surface area contributed by atoms with Gasteiger partial charge in [0.05, 0.1) is 6.54 Å². The minimum absolute atomic E-state index is 0.276. The first kappa shape index (κ1) is 6.14. The van der Waals surface area contributed by atoms with Crippen LogP contribution in [0, 0.1) is 0 Å². The van der Waals surface area contributed by atoms with E-state index in [1.165, 1.54) is 0 Å². The molecule has 1 aromatic rings. The summed E-state index contributed by atoms with van der Waals surface area (Å²) >= 11 is 0. The van der Waals surface area contributed by atoms with Crippen LogP contribution in [0.2, 0.25) is 0 Å². The molecule has 58 valence electrons. The highest BCUT2D eigenvalue weighted by atomic mass is 16.6. The van der Waals surface area contributed by atoms with Crippen molar-refractivity contribution in [3.63, 3.8) is 0 Å². The summed E-state index contributed by atoms with van der Waals surface area (Å²) in [6.07, 6.45) is 0. The van der Waals surface area contributed by atoms with E-state index in [4.69, 9.17) is 5.73 Å². The van der Waals surface area contributed by atoms with E-state index >= 15 is 0 Å². The first-order valence-corrected chi connectivity index (χ1v) is 3.24. The first-order valence-electron chi connectivity index (χ1n) is 3.24. The number of rotatable bonds is 1. The second-order valence-corrected chi connectivity index (χ2v) is 2.16. The van der Waals surface area contributed by atoms with Gasteiger partial charge >= 0.3 is 0 Å². The number of hydrogen-bond donors (Lipinski definition) is 2. The lowest BCUT2D eigenvalue weighted by Gasteiger charge is -1.94. The Morgan fingerprint density at radius 1 is 1.45 bits per heavy atom. The molecule has 1 aromatic heterocycles. The second kappa shape index (κ2) is 2.22. The molecular formula is C5H7N5O. The van der Waals surface area contributed by atoms with E-state index in [9.17, 15) is 0 Å². The third-order valence-corrected chi connectivity index (χ3v) is 1.41. The van der Waals surface area contributed by atoms with Crippen molar-refractivity contribution in [3.8, 4) is 0 Å². The van der Waals surface area contributed by atoms with Crippen LogP contribution in [-0.2, 0) is 0 Å². The Balaban J connectivity index is 2.35. The number of nitrogens with one attached hydrogen (secondary N) is 1. The highest BCUT2D eigenvalue weighted by Gasteiger charge is 2.15. The number of aromatic nitrogens is 2. The zero-order valence-electron chi connectivity index (χ0n) is 5.74. The summed E-state index contributed by atoms with van der Waals surface area (Å²) in [6.45, 7) is 1.57. The fraction of sp³-hybridized carbons (Fsp3) is 0.400. The van der Waals surface area contributed by atoms with Crippen molar-refractivity contribution in [2.75, 3.05) is 18.8 Å². The van der Waals surface area contributed by atoms with Crippen molar-refractivity contribution in [3.05, 3.63) is 5.69 Å². The molecule has 0 aromatic carbocycles. The Morgan fingerprint density at radius 2 is 2.36 bits per heavy atom. The summed E-state index contributed by atoms with van der Waals surface area (Å²) in [4.78, 5) is 4.10. The minimum Gasteiger partial charge on any atom is -0.379 e. The molecule has 6 heteroatoms. The Labute approximate surface area is 62.4 Å². The zero-order valence-corrected chi connectivity index (χ0v) is 5.74. The Bertz CT molecular complexity index is 291. The van der Waals surface area contributed by atoms with E-state index in [1.807, 2.05) is 0 Å². The number of nitrogen functional groups attached to an aromatic ring is 1. The van der Waals surface area contributed by atoms with Crippen LogP contribution in [0.25, 0.3) is 0 Å². The summed E-state index contributed by atoms with van der Waals surface area (Å²) in [5.41, 5.74) is 5.93. The molecule has 0 spiro atoms. The van der Waals surface area contributed by atoms with Gasteiger partial charge in [0.1, 0.15) is 0 Å². The van der Waals surface area contributed by atoms with Gasteiger partial charge in [0, 0.05) is 6.54 Å². The van der Waals surface area contributed by atoms with Gasteiger partial charge in [0.25, 0.3) is 0 Å². The van der Waals surface area contributed by atoms with E-state index < -0.39 is 0 Å². The van der Waals surface area contributed by atoms with Crippen LogP contribution < -0.4 is 11.1 Å². The fourth-order valence-electron chi connectivity index (χ4n) is 0.916. The molecule has 3 N–H and O–H groups in total. The van der Waals surface area contributed by atoms with Crippen molar-refractivity contribution in [1.29, 1.82) is 0 Å². The van der Waals surface area contributed by atoms with Gasteiger partial charge in [-0.3, -0.25) is 4.99 Å². The molecule has 0 aliphatic carbocycles. The average molecular weight is 153 g/mol. The second-order valence-electron chi connectivity index (χ2n) is 2.16. The van der Waals surface area contributed by atoms with Crippen molar-refractivity contribution in [2.24, 2.45) is 4.99 Å². The molecule has 2 heterocycles. The quantitative estimate of drug-likeness (QED) is 0.540. The number of nitrogens with zero attached hydrogens (tertiary/aromatic N) is 3. The summed E-state index contributed by atoms with van der Waals surface area (Å²) in [7, 11) is 0. The van der Waals surface area contributed by atoms with Gasteiger partial charge in [-0.1, -0.05) is 0 Å². The van der Waals surface area contributed by atoms with Gasteiger partial charge in [0.15, 0.2) is 17.3 Å². The molecule has 11 heavy (non-hydrogen) atoms. The van der Waals surface area contributed by atoms with Gasteiger partial charge < -0.3 is 11.1 Å². The Kier molecular flexibility index (Phi) is 1.24. The maximum Gasteiger partial charge on any atom is 0.199 e. The third kappa shape index (κ3) is 0.917. The molecule has 0 atom stereocenters. The number of nitrogens with two attached hydrogens (primary N) is 1. The standard InChI is InChI=1S/C5H7N5O/c6-4-3(9-11-10-4)5-7-1-2-8-5/h1-2H2,(H2,6,10)(H,7,8). The van der Waals surface area contributed by atoms with Crippen molar-refractivity contribution in [2.45, 2.75) is 0 Å². The molecule has 0 unspecified atom stereocenters. The molecule has 6 nitrogen and oxygen atoms in total. The van der Waals surface area contributed by atoms with Gasteiger partial charge in [-0.2, -0.15) is 0 Å². The number of anilines is 1. The summed E-state index contributed by atoms with van der Waals surface area (Å²) in [5, 5.41) is 10.0. The molecule has 0 fully saturated rings. The van der Waals surface area contributed by atoms with Crippen LogP contribution in [-0.4, -0.2) is 29.2 Å². The molecule has 2 rings (SSSR count). The maximum absolute atomic E-state index is 5.43. The van der Waals surface area contributed by atoms with Crippen molar-refractivity contribution >= 4 is 11.7 Å². The first-order chi connectivity index (χ1) is 5.38. The smallest absolute Gasteiger partial charge is 0.199 e. The number of aliphatic imine (C=N–C) groups is 1. The molecule has 0 saturated heterocycles. The van der Waals surface area contributed by atoms with Gasteiger partial charge in [-0.25, -0.2) is 4.63 Å². The topological polar surface area (TPSA) is 89.3 Å². The van der Waals surface area contributed by atoms with E-state index in [1.54, 1.807) is 0 Å². The lowest BCUT2D eigenvalue weighted by molar-refractivity contribution is 0.308. The molecule has 0 radical (unpaired) electrons. The molecule has 0 saturated carbocycles. The van der Waals surface area contributed by atoms with Gasteiger partial charge in [-0.05, 0) is 10.3 Å². The van der Waals surface area contributed by atoms with E-state index in [-0.39, 0.29) is 5.82 Å². The van der Waals surface area contributed by atoms with Gasteiger partial charge in [-0.15, -0.1) is 0 Å². The summed E-state index contributed by atoms with van der Waals surface area (Å²) in [6, 6.07) is 0. The third-order valence-electron chi connectivity index (χ3n) is 1.41. The molecule has 0 bridgehead atoms. The molecule has 0 amide bonds. The van der Waals surface area contributed by atoms with Crippen molar-refractivity contribution < 1.29 is 4.63 Å². The van der Waals surface area contributed by atoms with Crippen molar-refractivity contribution in [1.82, 2.24) is 15.6 Å². The van der Waals surface area contributed by atoms with Crippen LogP contribution >= 0.6 is 0 Å². The minimum atomic E-state index is 0.276. The van der Waals surface area contributed by atoms with E-state index in [2.05, 4.69) is 25.3 Å². The van der Waals surface area contributed by atoms with Crippen LogP contribution in [0.1, 0.15) is 5.69 Å². The lowest BCUT2D eigenvalue weighted by atomic mass is 10.4. The normalized spacial score (nSPS) is 16.2. The SMILES string of the molecule is Nc1nonc1C1=NCCN1.